The number of ether oxygens (including phenoxy) is 1. The molecule has 2 nitrogen and oxygen atoms in total. The highest BCUT2D eigenvalue weighted by Gasteiger charge is 2.19. The molecule has 1 aliphatic carbocycles. The van der Waals surface area contributed by atoms with Crippen molar-refractivity contribution in [2.24, 2.45) is 0 Å². The average Bonchev–Trinajstić information content (AvgIpc) is 2.30. The molecule has 0 amide bonds. The number of hydrogen-bond donors (Lipinski definition) is 0. The number of rotatable bonds is 3. The molecule has 0 aliphatic heterocycles. The molecule has 0 spiro atoms. The number of fused-ring (bicyclic) bond motifs is 1. The predicted molar refractivity (Wildman–Crippen MR) is 64.7 cm³/mol. The van der Waals surface area contributed by atoms with E-state index in [-0.39, 0.29) is 0 Å². The smallest absolute Gasteiger partial charge is 0.154 e. The molecule has 0 atom stereocenters. The van der Waals surface area contributed by atoms with Crippen molar-refractivity contribution < 1.29 is 9.53 Å². The van der Waals surface area contributed by atoms with Gasteiger partial charge in [0.25, 0.3) is 0 Å². The zero-order chi connectivity index (χ0) is 11.5. The van der Waals surface area contributed by atoms with Crippen LogP contribution in [-0.4, -0.2) is 12.9 Å². The lowest BCUT2D eigenvalue weighted by Crippen LogP contribution is -2.09. The molecule has 3 heteroatoms. The number of aryl methyl sites for hydroxylation is 1. The van der Waals surface area contributed by atoms with E-state index in [0.29, 0.717) is 22.9 Å². The maximum atomic E-state index is 11.2. The molecule has 0 saturated heterocycles. The van der Waals surface area contributed by atoms with Crippen molar-refractivity contribution in [2.45, 2.75) is 32.6 Å². The molecule has 0 N–H and O–H groups in total. The van der Waals surface area contributed by atoms with Crippen LogP contribution in [0.2, 0.25) is 5.02 Å². The van der Waals surface area contributed by atoms with E-state index in [1.54, 1.807) is 0 Å². The van der Waals surface area contributed by atoms with Crippen LogP contribution in [0.1, 0.15) is 41.3 Å². The fourth-order valence-corrected chi connectivity index (χ4v) is 2.58. The minimum atomic E-state index is 0.527. The van der Waals surface area contributed by atoms with Gasteiger partial charge in [0, 0.05) is 0 Å². The first-order chi connectivity index (χ1) is 7.77. The van der Waals surface area contributed by atoms with E-state index in [1.807, 2.05) is 13.0 Å². The molecule has 1 aromatic rings. The van der Waals surface area contributed by atoms with Crippen LogP contribution in [0.25, 0.3) is 0 Å². The number of halogens is 1. The first-order valence-electron chi connectivity index (χ1n) is 5.70. The molecule has 0 saturated carbocycles. The highest BCUT2D eigenvalue weighted by atomic mass is 35.5. The summed E-state index contributed by atoms with van der Waals surface area (Å²) in [5.74, 6) is 0.555. The number of carbonyl (C=O) groups excluding carboxylic acids is 1. The van der Waals surface area contributed by atoms with Crippen LogP contribution in [0.5, 0.6) is 5.75 Å². The molecule has 0 fully saturated rings. The van der Waals surface area contributed by atoms with Gasteiger partial charge in [-0.25, -0.2) is 0 Å². The molecule has 16 heavy (non-hydrogen) atoms. The highest BCUT2D eigenvalue weighted by molar-refractivity contribution is 6.32. The summed E-state index contributed by atoms with van der Waals surface area (Å²) in [5, 5.41) is 0.560. The van der Waals surface area contributed by atoms with E-state index in [2.05, 4.69) is 0 Å². The van der Waals surface area contributed by atoms with Crippen molar-refractivity contribution in [2.75, 3.05) is 6.61 Å². The van der Waals surface area contributed by atoms with E-state index >= 15 is 0 Å². The van der Waals surface area contributed by atoms with E-state index in [1.165, 1.54) is 12.0 Å². The molecule has 86 valence electrons. The predicted octanol–water partition coefficient (Wildman–Crippen LogP) is 3.43. The lowest BCUT2D eigenvalue weighted by Gasteiger charge is -2.20. The zero-order valence-corrected chi connectivity index (χ0v) is 10.1. The van der Waals surface area contributed by atoms with Gasteiger partial charge in [0.2, 0.25) is 0 Å². The SMILES string of the molecule is CCOc1c(Cl)cc2c(c1C=O)CCCC2. The Morgan fingerprint density at radius 1 is 1.44 bits per heavy atom. The summed E-state index contributed by atoms with van der Waals surface area (Å²) in [7, 11) is 0. The summed E-state index contributed by atoms with van der Waals surface area (Å²) in [6, 6.07) is 1.95. The summed E-state index contributed by atoms with van der Waals surface area (Å²) >= 11 is 6.14. The van der Waals surface area contributed by atoms with Crippen molar-refractivity contribution in [3.8, 4) is 5.75 Å². The number of benzene rings is 1. The van der Waals surface area contributed by atoms with Crippen LogP contribution in [0.15, 0.2) is 6.07 Å². The van der Waals surface area contributed by atoms with Gasteiger partial charge in [-0.15, -0.1) is 0 Å². The minimum absolute atomic E-state index is 0.527. The third kappa shape index (κ3) is 1.94. The van der Waals surface area contributed by atoms with Gasteiger partial charge >= 0.3 is 0 Å². The van der Waals surface area contributed by atoms with E-state index in [0.717, 1.165) is 31.1 Å². The van der Waals surface area contributed by atoms with Crippen LogP contribution in [-0.2, 0) is 12.8 Å². The Labute approximate surface area is 101 Å². The van der Waals surface area contributed by atoms with Crippen molar-refractivity contribution in [3.05, 3.63) is 27.8 Å². The lowest BCUT2D eigenvalue weighted by atomic mass is 9.88. The average molecular weight is 239 g/mol. The van der Waals surface area contributed by atoms with Crippen LogP contribution in [0, 0.1) is 0 Å². The van der Waals surface area contributed by atoms with Gasteiger partial charge in [-0.3, -0.25) is 4.79 Å². The van der Waals surface area contributed by atoms with Crippen molar-refractivity contribution in [3.63, 3.8) is 0 Å². The Morgan fingerprint density at radius 2 is 2.19 bits per heavy atom. The molecule has 1 aromatic carbocycles. The Bertz CT molecular complexity index is 413. The summed E-state index contributed by atoms with van der Waals surface area (Å²) in [4.78, 5) is 11.2. The van der Waals surface area contributed by atoms with Crippen molar-refractivity contribution in [1.29, 1.82) is 0 Å². The first kappa shape index (κ1) is 11.5. The third-order valence-electron chi connectivity index (χ3n) is 3.00. The monoisotopic (exact) mass is 238 g/mol. The van der Waals surface area contributed by atoms with Crippen LogP contribution < -0.4 is 4.74 Å². The standard InChI is InChI=1S/C13H15ClO2/c1-2-16-13-11(8-15)10-6-4-3-5-9(10)7-12(13)14/h7-8H,2-6H2,1H3. The zero-order valence-electron chi connectivity index (χ0n) is 9.38. The number of hydrogen-bond acceptors (Lipinski definition) is 2. The molecule has 0 unspecified atom stereocenters. The largest absolute Gasteiger partial charge is 0.492 e. The van der Waals surface area contributed by atoms with Gasteiger partial charge in [-0.1, -0.05) is 11.6 Å². The van der Waals surface area contributed by atoms with Gasteiger partial charge in [-0.05, 0) is 49.8 Å². The summed E-state index contributed by atoms with van der Waals surface area (Å²) < 4.78 is 5.46. The summed E-state index contributed by atoms with van der Waals surface area (Å²) in [5.41, 5.74) is 3.00. The molecule has 2 rings (SSSR count). The van der Waals surface area contributed by atoms with Crippen molar-refractivity contribution in [1.82, 2.24) is 0 Å². The highest BCUT2D eigenvalue weighted by Crippen LogP contribution is 2.36. The quantitative estimate of drug-likeness (QED) is 0.755. The second-order valence-electron chi connectivity index (χ2n) is 4.00. The van der Waals surface area contributed by atoms with Gasteiger partial charge in [0.05, 0.1) is 17.2 Å². The second kappa shape index (κ2) is 4.88. The molecular formula is C13H15ClO2. The number of carbonyl (C=O) groups is 1. The topological polar surface area (TPSA) is 26.3 Å². The minimum Gasteiger partial charge on any atom is -0.492 e. The molecule has 0 heterocycles. The third-order valence-corrected chi connectivity index (χ3v) is 3.29. The molecule has 1 aliphatic rings. The van der Waals surface area contributed by atoms with E-state index in [9.17, 15) is 4.79 Å². The second-order valence-corrected chi connectivity index (χ2v) is 4.40. The first-order valence-corrected chi connectivity index (χ1v) is 6.08. The van der Waals surface area contributed by atoms with Gasteiger partial charge in [0.1, 0.15) is 5.75 Å². The van der Waals surface area contributed by atoms with Gasteiger partial charge in [0.15, 0.2) is 6.29 Å². The van der Waals surface area contributed by atoms with E-state index in [4.69, 9.17) is 16.3 Å². The molecule has 0 aromatic heterocycles. The molecular weight excluding hydrogens is 224 g/mol. The Morgan fingerprint density at radius 3 is 2.88 bits per heavy atom. The number of aldehydes is 1. The normalized spacial score (nSPS) is 14.4. The van der Waals surface area contributed by atoms with E-state index < -0.39 is 0 Å². The fourth-order valence-electron chi connectivity index (χ4n) is 2.30. The molecule has 0 bridgehead atoms. The van der Waals surface area contributed by atoms with Crippen LogP contribution in [0.3, 0.4) is 0 Å². The van der Waals surface area contributed by atoms with Crippen LogP contribution in [0.4, 0.5) is 0 Å². The fraction of sp³-hybridized carbons (Fsp3) is 0.462. The Balaban J connectivity index is 2.57. The van der Waals surface area contributed by atoms with Crippen molar-refractivity contribution >= 4 is 17.9 Å². The Hall–Kier alpha value is -1.02. The van der Waals surface area contributed by atoms with Gasteiger partial charge in [-0.2, -0.15) is 0 Å². The maximum Gasteiger partial charge on any atom is 0.154 e. The Kier molecular flexibility index (Phi) is 3.49. The maximum absolute atomic E-state index is 11.2. The molecule has 0 radical (unpaired) electrons. The van der Waals surface area contributed by atoms with Gasteiger partial charge < -0.3 is 4.74 Å². The van der Waals surface area contributed by atoms with Crippen LogP contribution >= 0.6 is 11.6 Å². The summed E-state index contributed by atoms with van der Waals surface area (Å²) in [6.07, 6.45) is 5.17. The summed E-state index contributed by atoms with van der Waals surface area (Å²) in [6.45, 7) is 2.42. The lowest BCUT2D eigenvalue weighted by molar-refractivity contribution is 0.111.